The number of rotatable bonds is 10. The van der Waals surface area contributed by atoms with Crippen LogP contribution in [0.1, 0.15) is 23.6 Å². The Morgan fingerprint density at radius 2 is 2.11 bits per heavy atom. The van der Waals surface area contributed by atoms with Gasteiger partial charge in [-0.05, 0) is 25.0 Å². The molecule has 0 atom stereocenters. The summed E-state index contributed by atoms with van der Waals surface area (Å²) in [6.07, 6.45) is 0. The average molecular weight is 284 g/mol. The summed E-state index contributed by atoms with van der Waals surface area (Å²) in [6, 6.07) is 4.40. The maximum absolute atomic E-state index is 5.17. The molecule has 0 spiro atoms. The summed E-state index contributed by atoms with van der Waals surface area (Å²) in [5, 5.41) is 3.52. The fourth-order valence-corrected chi connectivity index (χ4v) is 2.92. The molecule has 1 aromatic rings. The van der Waals surface area contributed by atoms with Crippen molar-refractivity contribution in [2.45, 2.75) is 27.3 Å². The summed E-state index contributed by atoms with van der Waals surface area (Å²) in [6.45, 7) is 12.8. The summed E-state index contributed by atoms with van der Waals surface area (Å²) < 4.78 is 5.17. The lowest BCUT2D eigenvalue weighted by atomic mass is 10.2. The third-order valence-electron chi connectivity index (χ3n) is 2.94. The minimum atomic E-state index is 0.705. The highest BCUT2D eigenvalue weighted by Crippen LogP contribution is 2.14. The van der Waals surface area contributed by atoms with Crippen molar-refractivity contribution in [3.05, 3.63) is 21.9 Å². The zero-order chi connectivity index (χ0) is 14.1. The van der Waals surface area contributed by atoms with Crippen LogP contribution < -0.4 is 5.32 Å². The zero-order valence-corrected chi connectivity index (χ0v) is 13.6. The van der Waals surface area contributed by atoms with E-state index >= 15 is 0 Å². The van der Waals surface area contributed by atoms with Gasteiger partial charge in [0, 0.05) is 49.6 Å². The van der Waals surface area contributed by atoms with Gasteiger partial charge in [-0.1, -0.05) is 13.8 Å². The van der Waals surface area contributed by atoms with Crippen LogP contribution in [0.15, 0.2) is 12.1 Å². The first kappa shape index (κ1) is 16.6. The molecule has 19 heavy (non-hydrogen) atoms. The first-order valence-corrected chi connectivity index (χ1v) is 7.90. The van der Waals surface area contributed by atoms with E-state index < -0.39 is 0 Å². The van der Waals surface area contributed by atoms with Crippen LogP contribution in [0.4, 0.5) is 0 Å². The third kappa shape index (κ3) is 7.67. The van der Waals surface area contributed by atoms with Gasteiger partial charge >= 0.3 is 0 Å². The number of nitrogens with one attached hydrogen (secondary N) is 1. The molecule has 0 aliphatic carbocycles. The van der Waals surface area contributed by atoms with Crippen LogP contribution in [0.3, 0.4) is 0 Å². The number of hydrogen-bond donors (Lipinski definition) is 1. The van der Waals surface area contributed by atoms with Gasteiger partial charge in [-0.3, -0.25) is 4.90 Å². The Morgan fingerprint density at radius 3 is 2.68 bits per heavy atom. The van der Waals surface area contributed by atoms with E-state index in [9.17, 15) is 0 Å². The molecular weight excluding hydrogens is 256 g/mol. The average Bonchev–Trinajstić information content (AvgIpc) is 2.76. The lowest BCUT2D eigenvalue weighted by Crippen LogP contribution is -2.36. The summed E-state index contributed by atoms with van der Waals surface area (Å²) >= 11 is 1.88. The molecule has 1 rings (SSSR count). The van der Waals surface area contributed by atoms with Gasteiger partial charge in [0.05, 0.1) is 6.61 Å². The molecule has 0 unspecified atom stereocenters. The molecule has 0 radical (unpaired) electrons. The fraction of sp³-hybridized carbons (Fsp3) is 0.733. The van der Waals surface area contributed by atoms with Gasteiger partial charge in [-0.25, -0.2) is 0 Å². The van der Waals surface area contributed by atoms with Gasteiger partial charge in [0.25, 0.3) is 0 Å². The summed E-state index contributed by atoms with van der Waals surface area (Å²) in [4.78, 5) is 5.28. The molecule has 0 fully saturated rings. The normalized spacial score (nSPS) is 11.7. The Balaban J connectivity index is 2.19. The molecule has 0 saturated carbocycles. The SMILES string of the molecule is COCCN(CCNCc1ccc(C)s1)CC(C)C. The second-order valence-electron chi connectivity index (χ2n) is 5.38. The van der Waals surface area contributed by atoms with Crippen molar-refractivity contribution in [3.8, 4) is 0 Å². The van der Waals surface area contributed by atoms with Gasteiger partial charge in [0.15, 0.2) is 0 Å². The Bertz CT molecular complexity index is 339. The molecule has 0 aliphatic heterocycles. The monoisotopic (exact) mass is 284 g/mol. The van der Waals surface area contributed by atoms with E-state index in [0.717, 1.165) is 39.3 Å². The first-order chi connectivity index (χ1) is 9.11. The molecule has 1 aromatic heterocycles. The van der Waals surface area contributed by atoms with Crippen molar-refractivity contribution < 1.29 is 4.74 Å². The minimum absolute atomic E-state index is 0.705. The number of aryl methyl sites for hydroxylation is 1. The van der Waals surface area contributed by atoms with Crippen LogP contribution in [0.5, 0.6) is 0 Å². The van der Waals surface area contributed by atoms with Gasteiger partial charge in [0.1, 0.15) is 0 Å². The highest BCUT2D eigenvalue weighted by atomic mass is 32.1. The number of ether oxygens (including phenoxy) is 1. The summed E-state index contributed by atoms with van der Waals surface area (Å²) in [7, 11) is 1.77. The van der Waals surface area contributed by atoms with Gasteiger partial charge < -0.3 is 10.1 Å². The van der Waals surface area contributed by atoms with Crippen LogP contribution in [0.2, 0.25) is 0 Å². The van der Waals surface area contributed by atoms with E-state index in [-0.39, 0.29) is 0 Å². The Labute approximate surface area is 122 Å². The van der Waals surface area contributed by atoms with Gasteiger partial charge in [-0.2, -0.15) is 0 Å². The molecule has 0 aliphatic rings. The van der Waals surface area contributed by atoms with Crippen molar-refractivity contribution in [3.63, 3.8) is 0 Å². The minimum Gasteiger partial charge on any atom is -0.383 e. The molecule has 1 heterocycles. The Morgan fingerprint density at radius 1 is 1.32 bits per heavy atom. The molecule has 3 nitrogen and oxygen atoms in total. The second-order valence-corrected chi connectivity index (χ2v) is 6.75. The smallest absolute Gasteiger partial charge is 0.0589 e. The van der Waals surface area contributed by atoms with Crippen LogP contribution in [-0.4, -0.2) is 44.8 Å². The highest BCUT2D eigenvalue weighted by molar-refractivity contribution is 7.11. The van der Waals surface area contributed by atoms with E-state index in [2.05, 4.69) is 43.1 Å². The standard InChI is InChI=1S/C15H28N2OS/c1-13(2)12-17(9-10-18-4)8-7-16-11-15-6-5-14(3)19-15/h5-6,13,16H,7-12H2,1-4H3. The molecule has 0 bridgehead atoms. The van der Waals surface area contributed by atoms with E-state index in [1.54, 1.807) is 7.11 Å². The summed E-state index contributed by atoms with van der Waals surface area (Å²) in [5.74, 6) is 0.705. The molecule has 110 valence electrons. The van der Waals surface area contributed by atoms with Crippen molar-refractivity contribution in [2.75, 3.05) is 39.9 Å². The number of thiophene rings is 1. The Kier molecular flexibility index (Phi) is 8.30. The maximum Gasteiger partial charge on any atom is 0.0589 e. The lowest BCUT2D eigenvalue weighted by molar-refractivity contribution is 0.140. The highest BCUT2D eigenvalue weighted by Gasteiger charge is 2.06. The second kappa shape index (κ2) is 9.48. The molecule has 0 saturated heterocycles. The quantitative estimate of drug-likeness (QED) is 0.669. The predicted octanol–water partition coefficient (Wildman–Crippen LogP) is 2.75. The lowest BCUT2D eigenvalue weighted by Gasteiger charge is -2.24. The summed E-state index contributed by atoms with van der Waals surface area (Å²) in [5.41, 5.74) is 0. The van der Waals surface area contributed by atoms with E-state index in [0.29, 0.717) is 5.92 Å². The van der Waals surface area contributed by atoms with Crippen molar-refractivity contribution in [1.29, 1.82) is 0 Å². The van der Waals surface area contributed by atoms with E-state index in [1.165, 1.54) is 9.75 Å². The zero-order valence-electron chi connectivity index (χ0n) is 12.7. The number of nitrogens with zero attached hydrogens (tertiary/aromatic N) is 1. The fourth-order valence-electron chi connectivity index (χ4n) is 2.06. The van der Waals surface area contributed by atoms with Crippen molar-refractivity contribution >= 4 is 11.3 Å². The topological polar surface area (TPSA) is 24.5 Å². The molecule has 0 aromatic carbocycles. The van der Waals surface area contributed by atoms with Crippen LogP contribution in [0.25, 0.3) is 0 Å². The molecule has 4 heteroatoms. The third-order valence-corrected chi connectivity index (χ3v) is 3.94. The maximum atomic E-state index is 5.17. The van der Waals surface area contributed by atoms with Crippen molar-refractivity contribution in [1.82, 2.24) is 10.2 Å². The largest absolute Gasteiger partial charge is 0.383 e. The van der Waals surface area contributed by atoms with Gasteiger partial charge in [-0.15, -0.1) is 11.3 Å². The van der Waals surface area contributed by atoms with E-state index in [4.69, 9.17) is 4.74 Å². The predicted molar refractivity (Wildman–Crippen MR) is 83.9 cm³/mol. The van der Waals surface area contributed by atoms with E-state index in [1.807, 2.05) is 11.3 Å². The molecule has 1 N–H and O–H groups in total. The van der Waals surface area contributed by atoms with Crippen molar-refractivity contribution in [2.24, 2.45) is 5.92 Å². The van der Waals surface area contributed by atoms with Gasteiger partial charge in [0.2, 0.25) is 0 Å². The van der Waals surface area contributed by atoms with Crippen LogP contribution in [0, 0.1) is 12.8 Å². The molecule has 0 amide bonds. The molecular formula is C15H28N2OS. The first-order valence-electron chi connectivity index (χ1n) is 7.09. The Hall–Kier alpha value is -0.420. The number of methoxy groups -OCH3 is 1. The number of hydrogen-bond acceptors (Lipinski definition) is 4. The van der Waals surface area contributed by atoms with Crippen LogP contribution >= 0.6 is 11.3 Å². The van der Waals surface area contributed by atoms with Crippen LogP contribution in [-0.2, 0) is 11.3 Å².